The third kappa shape index (κ3) is 11.9. The summed E-state index contributed by atoms with van der Waals surface area (Å²) in [6, 6.07) is 0.211. The number of rotatable bonds is 15. The number of nitrogens with one attached hydrogen (secondary N) is 2. The van der Waals surface area contributed by atoms with Gasteiger partial charge in [0.25, 0.3) is 0 Å². The third-order valence-corrected chi connectivity index (χ3v) is 5.33. The lowest BCUT2D eigenvalue weighted by atomic mass is 9.85. The number of alkyl halides is 1. The van der Waals surface area contributed by atoms with E-state index in [1.54, 1.807) is 0 Å². The Kier molecular flexibility index (Phi) is 14.4. The summed E-state index contributed by atoms with van der Waals surface area (Å²) in [5, 5.41) is 6.02. The second kappa shape index (κ2) is 16.0. The molecule has 1 saturated carbocycles. The van der Waals surface area contributed by atoms with Crippen molar-refractivity contribution in [3.8, 4) is 0 Å². The number of hydrogen-bond donors (Lipinski definition) is 2. The summed E-state index contributed by atoms with van der Waals surface area (Å²) in [5.74, 6) is 0.996. The van der Waals surface area contributed by atoms with E-state index in [1.807, 2.05) is 13.8 Å². The van der Waals surface area contributed by atoms with Gasteiger partial charge in [0.05, 0.1) is 19.8 Å². The zero-order valence-corrected chi connectivity index (χ0v) is 18.4. The van der Waals surface area contributed by atoms with Gasteiger partial charge in [-0.15, -0.1) is 11.6 Å². The maximum atomic E-state index is 12.2. The molecule has 0 bridgehead atoms. The second-order valence-corrected chi connectivity index (χ2v) is 8.21. The highest BCUT2D eigenvalue weighted by Gasteiger charge is 2.27. The van der Waals surface area contributed by atoms with E-state index < -0.39 is 0 Å². The van der Waals surface area contributed by atoms with Crippen LogP contribution in [-0.4, -0.2) is 56.7 Å². The summed E-state index contributed by atoms with van der Waals surface area (Å²) >= 11 is 5.63. The van der Waals surface area contributed by atoms with Crippen LogP contribution < -0.4 is 10.6 Å². The first kappa shape index (κ1) is 25.2. The highest BCUT2D eigenvalue weighted by molar-refractivity contribution is 6.17. The first-order chi connectivity index (χ1) is 13.5. The number of amides is 2. The van der Waals surface area contributed by atoms with Crippen LogP contribution in [0.2, 0.25) is 0 Å². The Labute approximate surface area is 175 Å². The van der Waals surface area contributed by atoms with Crippen LogP contribution in [0.4, 0.5) is 0 Å². The van der Waals surface area contributed by atoms with Gasteiger partial charge in [-0.2, -0.15) is 0 Å². The molecule has 7 heteroatoms. The molecule has 2 amide bonds. The smallest absolute Gasteiger partial charge is 0.223 e. The molecule has 28 heavy (non-hydrogen) atoms. The largest absolute Gasteiger partial charge is 0.379 e. The Balaban J connectivity index is 1.94. The molecule has 0 aliphatic heterocycles. The number of unbranched alkanes of at least 4 members (excludes halogenated alkanes) is 3. The van der Waals surface area contributed by atoms with Crippen molar-refractivity contribution in [1.29, 1.82) is 0 Å². The van der Waals surface area contributed by atoms with Crippen molar-refractivity contribution in [2.45, 2.75) is 71.3 Å². The lowest BCUT2D eigenvalue weighted by Crippen LogP contribution is -2.42. The van der Waals surface area contributed by atoms with E-state index in [-0.39, 0.29) is 29.7 Å². The van der Waals surface area contributed by atoms with E-state index in [2.05, 4.69) is 10.6 Å². The van der Waals surface area contributed by atoms with Crippen LogP contribution in [0.25, 0.3) is 0 Å². The van der Waals surface area contributed by atoms with Gasteiger partial charge in [0.1, 0.15) is 0 Å². The number of carbonyl (C=O) groups excluding carboxylic acids is 2. The maximum absolute atomic E-state index is 12.2. The molecule has 0 heterocycles. The van der Waals surface area contributed by atoms with Crippen molar-refractivity contribution >= 4 is 23.4 Å². The summed E-state index contributed by atoms with van der Waals surface area (Å²) in [4.78, 5) is 24.0. The van der Waals surface area contributed by atoms with Crippen LogP contribution >= 0.6 is 11.6 Å². The van der Waals surface area contributed by atoms with Gasteiger partial charge < -0.3 is 20.1 Å². The van der Waals surface area contributed by atoms with Crippen LogP contribution in [0.3, 0.4) is 0 Å². The molecule has 0 radical (unpaired) electrons. The fraction of sp³-hybridized carbons (Fsp3) is 0.905. The first-order valence-corrected chi connectivity index (χ1v) is 11.4. The van der Waals surface area contributed by atoms with E-state index >= 15 is 0 Å². The molecule has 0 saturated heterocycles. The quantitative estimate of drug-likeness (QED) is 0.316. The molecule has 2 N–H and O–H groups in total. The highest BCUT2D eigenvalue weighted by Crippen LogP contribution is 2.24. The lowest BCUT2D eigenvalue weighted by molar-refractivity contribution is -0.126. The Morgan fingerprint density at radius 3 is 2.21 bits per heavy atom. The topological polar surface area (TPSA) is 76.7 Å². The average Bonchev–Trinajstić information content (AvgIpc) is 2.69. The van der Waals surface area contributed by atoms with Gasteiger partial charge in [0, 0.05) is 36.9 Å². The minimum Gasteiger partial charge on any atom is -0.379 e. The maximum Gasteiger partial charge on any atom is 0.223 e. The van der Waals surface area contributed by atoms with E-state index in [9.17, 15) is 9.59 Å². The SMILES string of the molecule is CC(C)C(=O)NC1CCC(C(=O)NCCOCCOCCCCCCCl)CC1. The lowest BCUT2D eigenvalue weighted by Gasteiger charge is -2.29. The van der Waals surface area contributed by atoms with Gasteiger partial charge in [-0.1, -0.05) is 26.7 Å². The van der Waals surface area contributed by atoms with E-state index in [0.29, 0.717) is 26.4 Å². The van der Waals surface area contributed by atoms with Gasteiger partial charge >= 0.3 is 0 Å². The Hall–Kier alpha value is -0.850. The fourth-order valence-corrected chi connectivity index (χ4v) is 3.42. The average molecular weight is 419 g/mol. The molecule has 0 aromatic carbocycles. The van der Waals surface area contributed by atoms with Crippen LogP contribution in [-0.2, 0) is 19.1 Å². The molecule has 6 nitrogen and oxygen atoms in total. The van der Waals surface area contributed by atoms with Crippen molar-refractivity contribution in [1.82, 2.24) is 10.6 Å². The third-order valence-electron chi connectivity index (χ3n) is 5.06. The van der Waals surface area contributed by atoms with Crippen LogP contribution in [0.1, 0.15) is 65.2 Å². The van der Waals surface area contributed by atoms with E-state index in [1.165, 1.54) is 0 Å². The molecule has 1 aliphatic rings. The number of carbonyl (C=O) groups is 2. The summed E-state index contributed by atoms with van der Waals surface area (Å²) in [6.45, 7) is 6.74. The number of halogens is 1. The van der Waals surface area contributed by atoms with E-state index in [0.717, 1.165) is 63.9 Å². The summed E-state index contributed by atoms with van der Waals surface area (Å²) in [6.07, 6.45) is 7.86. The van der Waals surface area contributed by atoms with Gasteiger partial charge in [0.15, 0.2) is 0 Å². The molecule has 1 rings (SSSR count). The van der Waals surface area contributed by atoms with Gasteiger partial charge in [-0.3, -0.25) is 9.59 Å². The molecular formula is C21H39ClN2O4. The van der Waals surface area contributed by atoms with Crippen molar-refractivity contribution in [3.05, 3.63) is 0 Å². The van der Waals surface area contributed by atoms with Crippen molar-refractivity contribution < 1.29 is 19.1 Å². The first-order valence-electron chi connectivity index (χ1n) is 10.8. The summed E-state index contributed by atoms with van der Waals surface area (Å²) in [7, 11) is 0. The number of hydrogen-bond acceptors (Lipinski definition) is 4. The van der Waals surface area contributed by atoms with Crippen LogP contribution in [0, 0.1) is 11.8 Å². The monoisotopic (exact) mass is 418 g/mol. The van der Waals surface area contributed by atoms with Crippen molar-refractivity contribution in [2.75, 3.05) is 38.9 Å². The predicted molar refractivity (Wildman–Crippen MR) is 113 cm³/mol. The zero-order valence-electron chi connectivity index (χ0n) is 17.6. The Morgan fingerprint density at radius 2 is 1.57 bits per heavy atom. The normalized spacial score (nSPS) is 19.6. The zero-order chi connectivity index (χ0) is 20.6. The van der Waals surface area contributed by atoms with Gasteiger partial charge in [0.2, 0.25) is 11.8 Å². The highest BCUT2D eigenvalue weighted by atomic mass is 35.5. The molecule has 0 aromatic rings. The number of ether oxygens (including phenoxy) is 2. The predicted octanol–water partition coefficient (Wildman–Crippen LogP) is 3.27. The minimum absolute atomic E-state index is 0.00695. The van der Waals surface area contributed by atoms with Crippen molar-refractivity contribution in [3.63, 3.8) is 0 Å². The van der Waals surface area contributed by atoms with Crippen LogP contribution in [0.15, 0.2) is 0 Å². The molecule has 0 aromatic heterocycles. The van der Waals surface area contributed by atoms with Gasteiger partial charge in [-0.05, 0) is 38.5 Å². The summed E-state index contributed by atoms with van der Waals surface area (Å²) < 4.78 is 11.0. The van der Waals surface area contributed by atoms with Gasteiger partial charge in [-0.25, -0.2) is 0 Å². The molecule has 1 aliphatic carbocycles. The van der Waals surface area contributed by atoms with Crippen molar-refractivity contribution in [2.24, 2.45) is 11.8 Å². The molecule has 0 unspecified atom stereocenters. The summed E-state index contributed by atoms with van der Waals surface area (Å²) in [5.41, 5.74) is 0. The molecule has 0 spiro atoms. The van der Waals surface area contributed by atoms with E-state index in [4.69, 9.17) is 21.1 Å². The Bertz CT molecular complexity index is 427. The Morgan fingerprint density at radius 1 is 0.929 bits per heavy atom. The molecule has 1 fully saturated rings. The molecule has 0 atom stereocenters. The second-order valence-electron chi connectivity index (χ2n) is 7.83. The molecule has 164 valence electrons. The molecular weight excluding hydrogens is 380 g/mol. The fourth-order valence-electron chi connectivity index (χ4n) is 3.23. The standard InChI is InChI=1S/C21H39ClN2O4/c1-17(2)20(25)24-19-9-7-18(8-10-19)21(26)23-12-14-28-16-15-27-13-6-4-3-5-11-22/h17-19H,3-16H2,1-2H3,(H,23,26)(H,24,25). The van der Waals surface area contributed by atoms with Crippen LogP contribution in [0.5, 0.6) is 0 Å². The minimum atomic E-state index is 0.00695.